The van der Waals surface area contributed by atoms with Crippen LogP contribution in [0.5, 0.6) is 0 Å². The van der Waals surface area contributed by atoms with E-state index in [-0.39, 0.29) is 23.8 Å². The predicted molar refractivity (Wildman–Crippen MR) is 167 cm³/mol. The number of aromatic nitrogens is 1. The van der Waals surface area contributed by atoms with Gasteiger partial charge < -0.3 is 15.5 Å². The van der Waals surface area contributed by atoms with Gasteiger partial charge in [-0.25, -0.2) is 4.98 Å². The number of hydrogen-bond acceptors (Lipinski definition) is 5. The summed E-state index contributed by atoms with van der Waals surface area (Å²) in [6.45, 7) is 0. The normalized spacial score (nSPS) is 16.8. The Balaban J connectivity index is 1.13. The van der Waals surface area contributed by atoms with Gasteiger partial charge in [0.05, 0.1) is 11.1 Å². The minimum atomic E-state index is -0.197. The Bertz CT molecular complexity index is 1730. The van der Waals surface area contributed by atoms with Crippen LogP contribution in [0.4, 0.5) is 11.5 Å². The molecule has 0 spiro atoms. The Morgan fingerprint density at radius 2 is 1.32 bits per heavy atom. The number of amides is 1. The third-order valence-corrected chi connectivity index (χ3v) is 8.04. The summed E-state index contributed by atoms with van der Waals surface area (Å²) in [5.41, 5.74) is 3.56. The second kappa shape index (κ2) is 11.4. The summed E-state index contributed by atoms with van der Waals surface area (Å²) in [6, 6.07) is 31.3. The second-order valence-corrected chi connectivity index (χ2v) is 11.0. The molecule has 1 heterocycles. The number of nitrogens with one attached hydrogen (secondary N) is 2. The number of para-hydroxylation sites is 1. The minimum absolute atomic E-state index is 0.0585. The fourth-order valence-corrected chi connectivity index (χ4v) is 5.90. The van der Waals surface area contributed by atoms with Crippen LogP contribution in [-0.2, 0) is 0 Å². The van der Waals surface area contributed by atoms with Crippen LogP contribution in [0.2, 0.25) is 0 Å². The van der Waals surface area contributed by atoms with Gasteiger partial charge in [-0.05, 0) is 48.6 Å². The third-order valence-electron chi connectivity index (χ3n) is 8.04. The summed E-state index contributed by atoms with van der Waals surface area (Å²) in [4.78, 5) is 34.0. The first kappa shape index (κ1) is 26.5. The van der Waals surface area contributed by atoms with Crippen molar-refractivity contribution in [1.82, 2.24) is 10.3 Å². The first-order valence-electron chi connectivity index (χ1n) is 14.2. The van der Waals surface area contributed by atoms with Crippen molar-refractivity contribution in [1.29, 1.82) is 0 Å². The molecule has 6 rings (SSSR count). The average Bonchev–Trinajstić information content (AvgIpc) is 3.01. The zero-order valence-corrected chi connectivity index (χ0v) is 23.4. The first-order chi connectivity index (χ1) is 20.0. The van der Waals surface area contributed by atoms with E-state index in [0.29, 0.717) is 16.7 Å². The van der Waals surface area contributed by atoms with Crippen molar-refractivity contribution < 1.29 is 9.59 Å². The van der Waals surface area contributed by atoms with Gasteiger partial charge >= 0.3 is 0 Å². The molecule has 0 radical (unpaired) electrons. The van der Waals surface area contributed by atoms with E-state index in [1.165, 1.54) is 0 Å². The van der Waals surface area contributed by atoms with Crippen molar-refractivity contribution in [2.75, 3.05) is 24.3 Å². The van der Waals surface area contributed by atoms with Crippen molar-refractivity contribution in [3.8, 4) is 0 Å². The van der Waals surface area contributed by atoms with E-state index < -0.39 is 0 Å². The smallest absolute Gasteiger partial charge is 0.252 e. The number of fused-ring (bicyclic) bond motifs is 2. The number of anilines is 2. The fourth-order valence-electron chi connectivity index (χ4n) is 5.90. The fraction of sp³-hybridized carbons (Fsp3) is 0.229. The van der Waals surface area contributed by atoms with Crippen molar-refractivity contribution >= 4 is 44.9 Å². The summed E-state index contributed by atoms with van der Waals surface area (Å²) < 4.78 is 0. The quantitative estimate of drug-likeness (QED) is 0.220. The Morgan fingerprint density at radius 3 is 2.10 bits per heavy atom. The molecule has 1 aromatic heterocycles. The number of rotatable bonds is 7. The van der Waals surface area contributed by atoms with Crippen molar-refractivity contribution in [3.63, 3.8) is 0 Å². The van der Waals surface area contributed by atoms with Crippen LogP contribution in [0.25, 0.3) is 21.7 Å². The molecule has 6 nitrogen and oxygen atoms in total. The molecule has 1 fully saturated rings. The number of pyridine rings is 1. The van der Waals surface area contributed by atoms with E-state index in [1.54, 1.807) is 12.1 Å². The van der Waals surface area contributed by atoms with E-state index in [0.717, 1.165) is 58.9 Å². The van der Waals surface area contributed by atoms with Crippen LogP contribution in [0.15, 0.2) is 97.1 Å². The van der Waals surface area contributed by atoms with E-state index >= 15 is 0 Å². The SMILES string of the molecule is CN(C)c1cc(N[C@H]2CC[C@@H](NC(=O)c3ccccc3C(=O)c3cccc4ccccc34)CC2)nc2ccccc12. The van der Waals surface area contributed by atoms with Gasteiger partial charge in [-0.1, -0.05) is 78.9 Å². The molecular weight excluding hydrogens is 508 g/mol. The van der Waals surface area contributed by atoms with Crippen molar-refractivity contribution in [2.45, 2.75) is 37.8 Å². The zero-order valence-electron chi connectivity index (χ0n) is 23.4. The van der Waals surface area contributed by atoms with Crippen molar-refractivity contribution in [3.05, 3.63) is 114 Å². The summed E-state index contributed by atoms with van der Waals surface area (Å²) in [7, 11) is 4.10. The maximum Gasteiger partial charge on any atom is 0.252 e. The zero-order chi connectivity index (χ0) is 28.3. The molecule has 0 unspecified atom stereocenters. The maximum atomic E-state index is 13.6. The molecule has 0 bridgehead atoms. The number of benzene rings is 4. The molecule has 2 N–H and O–H groups in total. The molecular formula is C35H34N4O2. The van der Waals surface area contributed by atoms with E-state index in [9.17, 15) is 9.59 Å². The molecule has 5 aromatic rings. The molecule has 4 aromatic carbocycles. The summed E-state index contributed by atoms with van der Waals surface area (Å²) in [5.74, 6) is 0.540. The molecule has 1 saturated carbocycles. The van der Waals surface area contributed by atoms with Gasteiger partial charge in [-0.15, -0.1) is 0 Å². The number of carbonyl (C=O) groups excluding carboxylic acids is 2. The molecule has 0 atom stereocenters. The number of nitrogens with zero attached hydrogens (tertiary/aromatic N) is 2. The largest absolute Gasteiger partial charge is 0.377 e. The minimum Gasteiger partial charge on any atom is -0.377 e. The first-order valence-corrected chi connectivity index (χ1v) is 14.2. The van der Waals surface area contributed by atoms with Gasteiger partial charge in [0.2, 0.25) is 0 Å². The highest BCUT2D eigenvalue weighted by Gasteiger charge is 2.25. The number of hydrogen-bond donors (Lipinski definition) is 2. The van der Waals surface area contributed by atoms with Crippen LogP contribution in [0.1, 0.15) is 52.0 Å². The van der Waals surface area contributed by atoms with E-state index in [1.807, 2.05) is 86.9 Å². The van der Waals surface area contributed by atoms with Gasteiger partial charge in [-0.2, -0.15) is 0 Å². The molecule has 41 heavy (non-hydrogen) atoms. The molecule has 0 aliphatic heterocycles. The second-order valence-electron chi connectivity index (χ2n) is 11.0. The molecule has 1 aliphatic carbocycles. The Hall–Kier alpha value is -4.71. The molecule has 1 amide bonds. The molecule has 0 saturated heterocycles. The van der Waals surface area contributed by atoms with E-state index in [2.05, 4.69) is 27.7 Å². The van der Waals surface area contributed by atoms with Gasteiger partial charge in [0.1, 0.15) is 5.82 Å². The van der Waals surface area contributed by atoms with Crippen LogP contribution < -0.4 is 15.5 Å². The predicted octanol–water partition coefficient (Wildman–Crippen LogP) is 6.84. The van der Waals surface area contributed by atoms with Crippen molar-refractivity contribution in [2.24, 2.45) is 0 Å². The molecule has 206 valence electrons. The molecule has 1 aliphatic rings. The monoisotopic (exact) mass is 542 g/mol. The lowest BCUT2D eigenvalue weighted by Gasteiger charge is -2.30. The van der Waals surface area contributed by atoms with Crippen LogP contribution in [0, 0.1) is 0 Å². The van der Waals surface area contributed by atoms with Crippen LogP contribution >= 0.6 is 0 Å². The summed E-state index contributed by atoms with van der Waals surface area (Å²) in [5, 5.41) is 9.87. The number of ketones is 1. The van der Waals surface area contributed by atoms with Crippen LogP contribution in [0.3, 0.4) is 0 Å². The topological polar surface area (TPSA) is 74.3 Å². The van der Waals surface area contributed by atoms with Gasteiger partial charge in [-0.3, -0.25) is 9.59 Å². The highest BCUT2D eigenvalue weighted by atomic mass is 16.2. The third kappa shape index (κ3) is 5.50. The highest BCUT2D eigenvalue weighted by molar-refractivity contribution is 6.20. The number of carbonyl (C=O) groups is 2. The van der Waals surface area contributed by atoms with E-state index in [4.69, 9.17) is 4.98 Å². The Morgan fingerprint density at radius 1 is 0.707 bits per heavy atom. The molecule has 6 heteroatoms. The maximum absolute atomic E-state index is 13.6. The average molecular weight is 543 g/mol. The van der Waals surface area contributed by atoms with Crippen LogP contribution in [-0.4, -0.2) is 42.9 Å². The Labute approximate surface area is 240 Å². The van der Waals surface area contributed by atoms with Gasteiger partial charge in [0, 0.05) is 54.4 Å². The summed E-state index contributed by atoms with van der Waals surface area (Å²) >= 11 is 0. The highest BCUT2D eigenvalue weighted by Crippen LogP contribution is 2.30. The lowest BCUT2D eigenvalue weighted by molar-refractivity contribution is 0.0917. The Kier molecular flexibility index (Phi) is 7.38. The lowest BCUT2D eigenvalue weighted by atomic mass is 9.90. The van der Waals surface area contributed by atoms with Gasteiger partial charge in [0.15, 0.2) is 5.78 Å². The standard InChI is InChI=1S/C35H34N4O2/c1-39(2)32-22-33(38-31-17-8-7-15-30(31)32)36-24-18-20-25(21-19-24)37-35(41)29-14-6-5-13-28(29)34(40)27-16-9-11-23-10-3-4-12-26(23)27/h3-17,22,24-25H,18-21H2,1-2H3,(H,36,38)(H,37,41)/t24-,25+. The lowest BCUT2D eigenvalue weighted by Crippen LogP contribution is -2.40. The summed E-state index contributed by atoms with van der Waals surface area (Å²) in [6.07, 6.45) is 3.56. The van der Waals surface area contributed by atoms with Gasteiger partial charge in [0.25, 0.3) is 5.91 Å².